The van der Waals surface area contributed by atoms with Crippen LogP contribution in [-0.4, -0.2) is 210 Å². The Morgan fingerprint density at radius 3 is 1.62 bits per heavy atom. The lowest BCUT2D eigenvalue weighted by atomic mass is 10.00. The van der Waals surface area contributed by atoms with Crippen molar-refractivity contribution in [3.8, 4) is 0 Å². The number of carbonyl (C=O) groups is 12. The zero-order valence-electron chi connectivity index (χ0n) is 68.4. The highest BCUT2D eigenvalue weighted by atomic mass is 32.2. The van der Waals surface area contributed by atoms with Crippen LogP contribution in [0.1, 0.15) is 198 Å². The second kappa shape index (κ2) is 53.2. The van der Waals surface area contributed by atoms with Crippen LogP contribution in [-0.2, 0) is 76.8 Å². The van der Waals surface area contributed by atoms with Gasteiger partial charge >= 0.3 is 0 Å². The molecule has 0 spiro atoms. The Bertz CT molecular complexity index is 3810. The van der Waals surface area contributed by atoms with Crippen molar-refractivity contribution in [2.75, 3.05) is 57.8 Å². The van der Waals surface area contributed by atoms with Crippen LogP contribution in [0.15, 0.2) is 101 Å². The number of amides is 12. The highest BCUT2D eigenvalue weighted by molar-refractivity contribution is 7.98. The molecule has 2 fully saturated rings. The zero-order chi connectivity index (χ0) is 84.0. The Morgan fingerprint density at radius 2 is 1.03 bits per heavy atom. The maximum absolute atomic E-state index is 15.5. The van der Waals surface area contributed by atoms with Crippen LogP contribution in [0.4, 0.5) is 0 Å². The van der Waals surface area contributed by atoms with Gasteiger partial charge in [-0.3, -0.25) is 62.5 Å². The van der Waals surface area contributed by atoms with Gasteiger partial charge in [-0.05, 0) is 118 Å². The average Bonchev–Trinajstić information content (AvgIpc) is 1.62. The Hall–Kier alpha value is -10.1. The molecule has 2 aliphatic heterocycles. The standard InChI is InChI=1S/C84H129N19O12S/c1-5-6-7-8-9-10-11-12-13-14-15-16-23-42-71(104)89-46-31-47-91-73(106)56-95-94-55-72(105)90-44-27-26-38-65(83(115)103-49-30-41-70(103)81(113)101-74(57(2)3)75(86)107)97-78(110)66(51-58-32-19-17-20-33-58)98-79(111)68(53-60-54-93-63-37-25-24-36-61(60)63)99-76(108)64(39-28-45-92-84(87)88)96-77(109)67(52-59-34-21-18-22-35-59)100-80(112)69-40-29-48-102(69)82(114)62(85)43-50-116-4/h17-22,24-25,32-37,54,56-57,62,64-70,74,93-94H,5-16,23,26-31,38-53,55,85H2,1-4H3,(H2,86,107)(H,89,104)(H,90,105)(H,91,106)(H,96,109)(H,97,110)(H,98,111)(H,99,108)(H,100,112)(H,101,113)(H4,87,88,92)/b95-56+/t62-,64-,65-,66-,67+,68+,69-,70-,74-/m0/s1. The number of primary amides is 1. The van der Waals surface area contributed by atoms with Gasteiger partial charge in [0, 0.05) is 82.1 Å². The van der Waals surface area contributed by atoms with E-state index in [-0.39, 0.29) is 101 Å². The molecule has 2 saturated heterocycles. The number of likely N-dealkylation sites (tertiary alicyclic amines) is 2. The van der Waals surface area contributed by atoms with Gasteiger partial charge in [0.2, 0.25) is 65.0 Å². The highest BCUT2D eigenvalue weighted by Crippen LogP contribution is 2.25. The van der Waals surface area contributed by atoms with Crippen molar-refractivity contribution >= 4 is 106 Å². The van der Waals surface area contributed by atoms with E-state index in [9.17, 15) is 38.4 Å². The van der Waals surface area contributed by atoms with Gasteiger partial charge in [-0.15, -0.1) is 0 Å². The van der Waals surface area contributed by atoms with Gasteiger partial charge in [0.05, 0.1) is 6.04 Å². The smallest absolute Gasteiger partial charge is 0.264 e. The van der Waals surface area contributed by atoms with E-state index in [1.54, 1.807) is 92.5 Å². The summed E-state index contributed by atoms with van der Waals surface area (Å²) in [5, 5.41) is 30.2. The molecule has 3 aromatic carbocycles. The fourth-order valence-corrected chi connectivity index (χ4v) is 14.9. The first kappa shape index (κ1) is 94.7. The summed E-state index contributed by atoms with van der Waals surface area (Å²) < 4.78 is 0. The SMILES string of the molecule is CCCCCCCCCCCCCCCC(=O)NCCCNC(=O)/C=N/NCC(=O)NCCCC[C@H](NC(=O)[C@H](Cc1ccccc1)NC(=O)[C@@H](Cc1c[nH]c2ccccc12)NC(=O)[C@H](CCCN=C(N)N)NC(=O)[C@@H](Cc1ccccc1)NC(=O)[C@@H]1CCCN1C(=O)[C@@H](N)CCSC)C(=O)N1CCC[C@H]1C(=O)N[C@H](C(N)=O)C(C)C. The van der Waals surface area contributed by atoms with Crippen molar-refractivity contribution in [1.29, 1.82) is 0 Å². The molecule has 12 amide bonds. The molecular weight excluding hydrogens is 1500 g/mol. The fourth-order valence-electron chi connectivity index (χ4n) is 14.4. The van der Waals surface area contributed by atoms with Crippen LogP contribution in [0.2, 0.25) is 0 Å². The van der Waals surface area contributed by atoms with Crippen molar-refractivity contribution in [3.05, 3.63) is 108 Å². The maximum Gasteiger partial charge on any atom is 0.264 e. The Kier molecular flexibility index (Phi) is 43.4. The van der Waals surface area contributed by atoms with Crippen molar-refractivity contribution in [1.82, 2.24) is 68.1 Å². The number of H-pyrrole nitrogens is 1. The van der Waals surface area contributed by atoms with Crippen molar-refractivity contribution < 1.29 is 57.5 Å². The molecule has 0 radical (unpaired) electrons. The number of aromatic amines is 1. The molecule has 9 atom stereocenters. The van der Waals surface area contributed by atoms with Crippen LogP contribution in [0.5, 0.6) is 0 Å². The van der Waals surface area contributed by atoms with E-state index < -0.39 is 113 Å². The van der Waals surface area contributed by atoms with Crippen molar-refractivity contribution in [3.63, 3.8) is 0 Å². The summed E-state index contributed by atoms with van der Waals surface area (Å²) in [5.41, 5.74) is 28.6. The number of aromatic nitrogens is 1. The summed E-state index contributed by atoms with van der Waals surface area (Å²) in [4.78, 5) is 179. The average molecular weight is 1630 g/mol. The Labute approximate surface area is 687 Å². The minimum Gasteiger partial charge on any atom is -0.370 e. The minimum absolute atomic E-state index is 0.00834. The quantitative estimate of drug-likeness (QED) is 0.0127. The van der Waals surface area contributed by atoms with Gasteiger partial charge in [-0.2, -0.15) is 16.9 Å². The molecule has 116 heavy (non-hydrogen) atoms. The van der Waals surface area contributed by atoms with Gasteiger partial charge in [-0.1, -0.05) is 177 Å². The van der Waals surface area contributed by atoms with Gasteiger partial charge in [0.25, 0.3) is 5.91 Å². The van der Waals surface area contributed by atoms with E-state index in [4.69, 9.17) is 22.9 Å². The number of hydrazone groups is 1. The number of aliphatic imine (C=N–C) groups is 1. The first-order valence-corrected chi connectivity index (χ1v) is 43.1. The van der Waals surface area contributed by atoms with E-state index in [0.717, 1.165) is 36.4 Å². The van der Waals surface area contributed by atoms with E-state index in [1.165, 1.54) is 74.0 Å². The molecule has 3 heterocycles. The molecule has 1 aromatic heterocycles. The molecule has 0 aliphatic carbocycles. The number of carbonyl (C=O) groups excluding carboxylic acids is 12. The number of fused-ring (bicyclic) bond motifs is 1. The number of nitrogens with zero attached hydrogens (tertiary/aromatic N) is 4. The van der Waals surface area contributed by atoms with E-state index >= 15 is 19.2 Å². The first-order chi connectivity index (χ1) is 56.0. The summed E-state index contributed by atoms with van der Waals surface area (Å²) >= 11 is 1.54. The van der Waals surface area contributed by atoms with Crippen LogP contribution >= 0.6 is 11.8 Å². The van der Waals surface area contributed by atoms with Crippen LogP contribution in [0.25, 0.3) is 10.9 Å². The zero-order valence-corrected chi connectivity index (χ0v) is 69.2. The highest BCUT2D eigenvalue weighted by Gasteiger charge is 2.42. The lowest BCUT2D eigenvalue weighted by Crippen LogP contribution is -2.61. The molecule has 0 unspecified atom stereocenters. The predicted octanol–water partition coefficient (Wildman–Crippen LogP) is 4.33. The normalized spacial score (nSPS) is 15.7. The molecule has 32 heteroatoms. The minimum atomic E-state index is -1.48. The number of para-hydroxylation sites is 1. The number of unbranched alkanes of at least 4 members (excludes halogenated alkanes) is 13. The third-order valence-electron chi connectivity index (χ3n) is 20.9. The fraction of sp³-hybridized carbons (Fsp3) is 0.595. The number of nitrogens with one attached hydrogen (secondary N) is 11. The topological polar surface area (TPSA) is 476 Å². The molecular formula is C84H129N19O12S. The molecule has 6 rings (SSSR count). The number of guanidine groups is 1. The second-order valence-corrected chi connectivity index (χ2v) is 31.5. The summed E-state index contributed by atoms with van der Waals surface area (Å²) in [6.45, 7) is 6.67. The third kappa shape index (κ3) is 34.4. The number of thioether (sulfide) groups is 1. The van der Waals surface area contributed by atoms with Gasteiger partial charge in [0.1, 0.15) is 61.1 Å². The largest absolute Gasteiger partial charge is 0.370 e. The predicted molar refractivity (Wildman–Crippen MR) is 453 cm³/mol. The number of nitrogens with two attached hydrogens (primary N) is 4. The first-order valence-electron chi connectivity index (χ1n) is 41.7. The van der Waals surface area contributed by atoms with Gasteiger partial charge < -0.3 is 91.0 Å². The van der Waals surface area contributed by atoms with Crippen molar-refractivity contribution in [2.45, 2.75) is 255 Å². The lowest BCUT2D eigenvalue weighted by Gasteiger charge is -2.31. The lowest BCUT2D eigenvalue weighted by molar-refractivity contribution is -0.142. The third-order valence-corrected chi connectivity index (χ3v) is 21.5. The molecule has 638 valence electrons. The molecule has 0 bridgehead atoms. The molecule has 4 aromatic rings. The summed E-state index contributed by atoms with van der Waals surface area (Å²) in [6.07, 6.45) is 23.8. The molecule has 0 saturated carbocycles. The Morgan fingerprint density at radius 1 is 0.534 bits per heavy atom. The van der Waals surface area contributed by atoms with Crippen LogP contribution < -0.4 is 76.2 Å². The molecule has 31 nitrogen and oxygen atoms in total. The van der Waals surface area contributed by atoms with Gasteiger partial charge in [-0.25, -0.2) is 0 Å². The summed E-state index contributed by atoms with van der Waals surface area (Å²) in [5.74, 6) is -7.09. The monoisotopic (exact) mass is 1630 g/mol. The summed E-state index contributed by atoms with van der Waals surface area (Å²) in [7, 11) is 0. The van der Waals surface area contributed by atoms with Crippen LogP contribution in [0.3, 0.4) is 0 Å². The van der Waals surface area contributed by atoms with Crippen LogP contribution in [0, 0.1) is 5.92 Å². The number of rotatable bonds is 56. The molecule has 2 aliphatic rings. The number of hydrogen-bond acceptors (Lipinski definition) is 17. The van der Waals surface area contributed by atoms with E-state index in [2.05, 4.69) is 75.3 Å². The van der Waals surface area contributed by atoms with E-state index in [0.29, 0.717) is 87.0 Å². The Balaban J connectivity index is 1.15. The van der Waals surface area contributed by atoms with Gasteiger partial charge in [0.15, 0.2) is 5.96 Å². The number of hydrogen-bond donors (Lipinski definition) is 15. The van der Waals surface area contributed by atoms with E-state index in [1.807, 2.05) is 30.5 Å². The molecule has 19 N–H and O–H groups in total. The summed E-state index contributed by atoms with van der Waals surface area (Å²) in [6, 6.07) is 14.2. The number of benzene rings is 3. The maximum atomic E-state index is 15.5. The second-order valence-electron chi connectivity index (χ2n) is 30.5. The van der Waals surface area contributed by atoms with Crippen molar-refractivity contribution in [2.24, 2.45) is 38.9 Å².